The zero-order valence-corrected chi connectivity index (χ0v) is 14.6. The van der Waals surface area contributed by atoms with Gasteiger partial charge in [-0.3, -0.25) is 4.79 Å². The third-order valence-corrected chi connectivity index (χ3v) is 3.88. The summed E-state index contributed by atoms with van der Waals surface area (Å²) in [5.41, 5.74) is 7.36. The molecule has 2 N–H and O–H groups in total. The highest BCUT2D eigenvalue weighted by molar-refractivity contribution is 5.85. The number of nitrogens with zero attached hydrogens (tertiary/aromatic N) is 1. The predicted molar refractivity (Wildman–Crippen MR) is 97.6 cm³/mol. The third kappa shape index (κ3) is 5.62. The summed E-state index contributed by atoms with van der Waals surface area (Å²) < 4.78 is 13.4. The molecule has 0 heterocycles. The van der Waals surface area contributed by atoms with Crippen LogP contribution in [0.2, 0.25) is 0 Å². The molecule has 0 bridgehead atoms. The number of carbonyl (C=O) groups excluding carboxylic acids is 1. The van der Waals surface area contributed by atoms with Crippen molar-refractivity contribution >= 4 is 18.3 Å². The highest BCUT2D eigenvalue weighted by atomic mass is 35.5. The average Bonchev–Trinajstić information content (AvgIpc) is 2.58. The molecule has 130 valence electrons. The van der Waals surface area contributed by atoms with Gasteiger partial charge in [-0.1, -0.05) is 42.5 Å². The number of hydrogen-bond acceptors (Lipinski definition) is 2. The van der Waals surface area contributed by atoms with Crippen LogP contribution in [0, 0.1) is 5.82 Å². The number of carbonyl (C=O) groups is 1. The Kier molecular flexibility index (Phi) is 8.44. The van der Waals surface area contributed by atoms with Crippen LogP contribution in [0.15, 0.2) is 54.6 Å². The molecular weight excluding hydrogens is 327 g/mol. The van der Waals surface area contributed by atoms with Gasteiger partial charge < -0.3 is 10.6 Å². The van der Waals surface area contributed by atoms with Gasteiger partial charge in [0.25, 0.3) is 0 Å². The Labute approximate surface area is 149 Å². The van der Waals surface area contributed by atoms with E-state index in [4.69, 9.17) is 5.73 Å². The number of rotatable bonds is 7. The zero-order chi connectivity index (χ0) is 16.7. The van der Waals surface area contributed by atoms with Crippen molar-refractivity contribution in [3.8, 4) is 0 Å². The lowest BCUT2D eigenvalue weighted by atomic mass is 9.99. The fraction of sp³-hybridized carbons (Fsp3) is 0.316. The monoisotopic (exact) mass is 350 g/mol. The first-order valence-electron chi connectivity index (χ1n) is 7.90. The summed E-state index contributed by atoms with van der Waals surface area (Å²) >= 11 is 0. The van der Waals surface area contributed by atoms with E-state index in [1.165, 1.54) is 12.1 Å². The Hall–Kier alpha value is -1.91. The van der Waals surface area contributed by atoms with E-state index >= 15 is 0 Å². The van der Waals surface area contributed by atoms with E-state index in [1.54, 1.807) is 17.0 Å². The predicted octanol–water partition coefficient (Wildman–Crippen LogP) is 3.73. The van der Waals surface area contributed by atoms with Gasteiger partial charge in [-0.05, 0) is 43.1 Å². The van der Waals surface area contributed by atoms with Crippen LogP contribution in [0.3, 0.4) is 0 Å². The molecule has 0 aliphatic carbocycles. The van der Waals surface area contributed by atoms with Gasteiger partial charge in [-0.25, -0.2) is 4.39 Å². The van der Waals surface area contributed by atoms with Gasteiger partial charge in [-0.2, -0.15) is 0 Å². The van der Waals surface area contributed by atoms with Crippen molar-refractivity contribution in [3.63, 3.8) is 0 Å². The van der Waals surface area contributed by atoms with Gasteiger partial charge in [0.2, 0.25) is 5.91 Å². The second-order valence-corrected chi connectivity index (χ2v) is 5.66. The number of halogens is 2. The van der Waals surface area contributed by atoms with Gasteiger partial charge in [-0.15, -0.1) is 12.4 Å². The maximum atomic E-state index is 13.4. The molecule has 0 fully saturated rings. The van der Waals surface area contributed by atoms with Crippen molar-refractivity contribution < 1.29 is 9.18 Å². The summed E-state index contributed by atoms with van der Waals surface area (Å²) in [7, 11) is 0. The summed E-state index contributed by atoms with van der Waals surface area (Å²) in [5.74, 6) is -0.709. The van der Waals surface area contributed by atoms with Gasteiger partial charge in [0.1, 0.15) is 5.82 Å². The normalized spacial score (nSPS) is 11.5. The summed E-state index contributed by atoms with van der Waals surface area (Å²) in [6, 6.07) is 16.1. The van der Waals surface area contributed by atoms with Crippen molar-refractivity contribution in [3.05, 3.63) is 71.5 Å². The third-order valence-electron chi connectivity index (χ3n) is 3.88. The van der Waals surface area contributed by atoms with Crippen LogP contribution in [0.5, 0.6) is 0 Å². The van der Waals surface area contributed by atoms with Crippen LogP contribution in [-0.2, 0) is 11.3 Å². The van der Waals surface area contributed by atoms with Crippen molar-refractivity contribution in [1.29, 1.82) is 0 Å². The molecule has 0 saturated carbocycles. The average molecular weight is 351 g/mol. The Bertz CT molecular complexity index is 636. The van der Waals surface area contributed by atoms with Crippen LogP contribution in [0.25, 0.3) is 0 Å². The molecule has 0 saturated heterocycles. The van der Waals surface area contributed by atoms with Gasteiger partial charge in [0, 0.05) is 13.1 Å². The van der Waals surface area contributed by atoms with Crippen LogP contribution in [-0.4, -0.2) is 23.9 Å². The first-order valence-corrected chi connectivity index (χ1v) is 7.90. The number of benzene rings is 2. The van der Waals surface area contributed by atoms with Crippen LogP contribution in [0.4, 0.5) is 4.39 Å². The Balaban J connectivity index is 0.00000288. The molecule has 0 spiro atoms. The Morgan fingerprint density at radius 2 is 1.88 bits per heavy atom. The largest absolute Gasteiger partial charge is 0.338 e. The second-order valence-electron chi connectivity index (χ2n) is 5.66. The minimum absolute atomic E-state index is 0. The maximum Gasteiger partial charge on any atom is 0.230 e. The number of amides is 1. The Morgan fingerprint density at radius 1 is 1.17 bits per heavy atom. The first kappa shape index (κ1) is 20.1. The SMILES string of the molecule is CC(C(=O)N(CCCN)Cc1ccccc1)c1cccc(F)c1.Cl. The second kappa shape index (κ2) is 10.1. The minimum atomic E-state index is -0.382. The first-order chi connectivity index (χ1) is 11.1. The molecule has 2 aromatic rings. The van der Waals surface area contributed by atoms with Crippen molar-refractivity contribution in [2.75, 3.05) is 13.1 Å². The Morgan fingerprint density at radius 3 is 2.50 bits per heavy atom. The molecule has 3 nitrogen and oxygen atoms in total. The van der Waals surface area contributed by atoms with Crippen molar-refractivity contribution in [2.45, 2.75) is 25.8 Å². The molecular formula is C19H24ClFN2O. The zero-order valence-electron chi connectivity index (χ0n) is 13.8. The summed E-state index contributed by atoms with van der Waals surface area (Å²) in [4.78, 5) is 14.6. The highest BCUT2D eigenvalue weighted by Crippen LogP contribution is 2.20. The molecule has 0 aromatic heterocycles. The van der Waals surface area contributed by atoms with E-state index in [0.717, 1.165) is 12.0 Å². The van der Waals surface area contributed by atoms with E-state index in [2.05, 4.69) is 0 Å². The van der Waals surface area contributed by atoms with Gasteiger partial charge in [0.05, 0.1) is 5.92 Å². The lowest BCUT2D eigenvalue weighted by Crippen LogP contribution is -2.35. The van der Waals surface area contributed by atoms with Crippen LogP contribution < -0.4 is 5.73 Å². The topological polar surface area (TPSA) is 46.3 Å². The molecule has 2 aromatic carbocycles. The molecule has 24 heavy (non-hydrogen) atoms. The fourth-order valence-electron chi connectivity index (χ4n) is 2.55. The van der Waals surface area contributed by atoms with E-state index in [9.17, 15) is 9.18 Å². The van der Waals surface area contributed by atoms with Crippen LogP contribution in [0.1, 0.15) is 30.4 Å². The molecule has 1 unspecified atom stereocenters. The van der Waals surface area contributed by atoms with E-state index in [-0.39, 0.29) is 30.0 Å². The quantitative estimate of drug-likeness (QED) is 0.827. The van der Waals surface area contributed by atoms with E-state index < -0.39 is 0 Å². The maximum absolute atomic E-state index is 13.4. The fourth-order valence-corrected chi connectivity index (χ4v) is 2.55. The smallest absolute Gasteiger partial charge is 0.230 e. The number of hydrogen-bond donors (Lipinski definition) is 1. The summed E-state index contributed by atoms with van der Waals surface area (Å²) in [6.45, 7) is 3.49. The van der Waals surface area contributed by atoms with E-state index in [1.807, 2.05) is 37.3 Å². The molecule has 2 rings (SSSR count). The highest BCUT2D eigenvalue weighted by Gasteiger charge is 2.22. The minimum Gasteiger partial charge on any atom is -0.338 e. The number of nitrogens with two attached hydrogens (primary N) is 1. The van der Waals surface area contributed by atoms with Crippen molar-refractivity contribution in [2.24, 2.45) is 5.73 Å². The lowest BCUT2D eigenvalue weighted by molar-refractivity contribution is -0.133. The molecule has 1 amide bonds. The summed E-state index contributed by atoms with van der Waals surface area (Å²) in [5, 5.41) is 0. The van der Waals surface area contributed by atoms with Gasteiger partial charge >= 0.3 is 0 Å². The standard InChI is InChI=1S/C19H23FN2O.ClH/c1-15(17-9-5-10-18(20)13-17)19(23)22(12-6-11-21)14-16-7-3-2-4-8-16;/h2-5,7-10,13,15H,6,11-12,14,21H2,1H3;1H. The van der Waals surface area contributed by atoms with Gasteiger partial charge in [0.15, 0.2) is 0 Å². The van der Waals surface area contributed by atoms with E-state index in [0.29, 0.717) is 25.2 Å². The molecule has 0 radical (unpaired) electrons. The molecule has 0 aliphatic heterocycles. The molecule has 5 heteroatoms. The summed E-state index contributed by atoms with van der Waals surface area (Å²) in [6.07, 6.45) is 0.744. The van der Waals surface area contributed by atoms with Crippen LogP contribution >= 0.6 is 12.4 Å². The molecule has 1 atom stereocenters. The molecule has 0 aliphatic rings. The lowest BCUT2D eigenvalue weighted by Gasteiger charge is -2.26. The van der Waals surface area contributed by atoms with Crippen molar-refractivity contribution in [1.82, 2.24) is 4.90 Å².